The summed E-state index contributed by atoms with van der Waals surface area (Å²) in [4.78, 5) is 11.3. The lowest BCUT2D eigenvalue weighted by Crippen LogP contribution is -2.14. The SMILES string of the molecule is CCOC(=O)CC(CCBr)CC(C)C. The molecule has 3 heteroatoms. The minimum absolute atomic E-state index is 0.0564. The van der Waals surface area contributed by atoms with E-state index in [1.807, 2.05) is 6.92 Å². The summed E-state index contributed by atoms with van der Waals surface area (Å²) in [6, 6.07) is 0. The normalized spacial score (nSPS) is 12.9. The van der Waals surface area contributed by atoms with Gasteiger partial charge in [-0.15, -0.1) is 0 Å². The number of halogens is 1. The van der Waals surface area contributed by atoms with Gasteiger partial charge < -0.3 is 4.74 Å². The van der Waals surface area contributed by atoms with Crippen LogP contribution in [0.25, 0.3) is 0 Å². The molecule has 0 saturated heterocycles. The molecule has 84 valence electrons. The molecule has 0 aromatic heterocycles. The zero-order chi connectivity index (χ0) is 11.0. The largest absolute Gasteiger partial charge is 0.466 e. The molecule has 1 atom stereocenters. The molecule has 0 bridgehead atoms. The number of carbonyl (C=O) groups is 1. The number of alkyl halides is 1. The number of esters is 1. The third-order valence-corrected chi connectivity index (χ3v) is 2.54. The molecular weight excluding hydrogens is 244 g/mol. The minimum Gasteiger partial charge on any atom is -0.466 e. The number of hydrogen-bond acceptors (Lipinski definition) is 2. The molecule has 0 aliphatic carbocycles. The minimum atomic E-state index is -0.0564. The number of rotatable bonds is 7. The molecule has 14 heavy (non-hydrogen) atoms. The summed E-state index contributed by atoms with van der Waals surface area (Å²) >= 11 is 3.42. The molecule has 0 aliphatic rings. The molecule has 0 N–H and O–H groups in total. The highest BCUT2D eigenvalue weighted by Crippen LogP contribution is 2.20. The van der Waals surface area contributed by atoms with Gasteiger partial charge in [0.05, 0.1) is 6.61 Å². The van der Waals surface area contributed by atoms with Gasteiger partial charge in [0.25, 0.3) is 0 Å². The van der Waals surface area contributed by atoms with Gasteiger partial charge in [-0.2, -0.15) is 0 Å². The fraction of sp³-hybridized carbons (Fsp3) is 0.909. The Morgan fingerprint density at radius 1 is 1.43 bits per heavy atom. The zero-order valence-corrected chi connectivity index (χ0v) is 11.0. The van der Waals surface area contributed by atoms with Crippen LogP contribution < -0.4 is 0 Å². The highest BCUT2D eigenvalue weighted by atomic mass is 79.9. The first-order chi connectivity index (χ1) is 6.60. The number of ether oxygens (including phenoxy) is 1. The van der Waals surface area contributed by atoms with E-state index in [1.54, 1.807) is 0 Å². The second-order valence-corrected chi connectivity index (χ2v) is 4.78. The van der Waals surface area contributed by atoms with Crippen LogP contribution in [0.3, 0.4) is 0 Å². The highest BCUT2D eigenvalue weighted by Gasteiger charge is 2.15. The molecule has 0 amide bonds. The average Bonchev–Trinajstić information content (AvgIpc) is 2.03. The number of carbonyl (C=O) groups excluding carboxylic acids is 1. The van der Waals surface area contributed by atoms with Crippen molar-refractivity contribution in [2.24, 2.45) is 11.8 Å². The van der Waals surface area contributed by atoms with Crippen molar-refractivity contribution in [2.45, 2.75) is 40.0 Å². The summed E-state index contributed by atoms with van der Waals surface area (Å²) in [5, 5.41) is 0.962. The molecule has 0 saturated carbocycles. The predicted octanol–water partition coefficient (Wildman–Crippen LogP) is 3.39. The van der Waals surface area contributed by atoms with Gasteiger partial charge in [0.2, 0.25) is 0 Å². The maximum Gasteiger partial charge on any atom is 0.306 e. The third-order valence-electron chi connectivity index (χ3n) is 2.08. The average molecular weight is 265 g/mol. The Balaban J connectivity index is 3.88. The second-order valence-electron chi connectivity index (χ2n) is 3.98. The standard InChI is InChI=1S/C11H21BrO2/c1-4-14-11(13)8-10(5-6-12)7-9(2)3/h9-10H,4-8H2,1-3H3. The van der Waals surface area contributed by atoms with Crippen LogP contribution in [0.4, 0.5) is 0 Å². The maximum absolute atomic E-state index is 11.3. The fourth-order valence-electron chi connectivity index (χ4n) is 1.58. The molecule has 0 radical (unpaired) electrons. The topological polar surface area (TPSA) is 26.3 Å². The first kappa shape index (κ1) is 13.9. The van der Waals surface area contributed by atoms with Gasteiger partial charge in [-0.3, -0.25) is 4.79 Å². The summed E-state index contributed by atoms with van der Waals surface area (Å²) in [5.41, 5.74) is 0. The third kappa shape index (κ3) is 7.36. The Morgan fingerprint density at radius 3 is 2.50 bits per heavy atom. The Kier molecular flexibility index (Phi) is 8.24. The first-order valence-corrected chi connectivity index (χ1v) is 6.43. The summed E-state index contributed by atoms with van der Waals surface area (Å²) in [6.07, 6.45) is 2.72. The number of hydrogen-bond donors (Lipinski definition) is 0. The molecule has 1 unspecified atom stereocenters. The quantitative estimate of drug-likeness (QED) is 0.521. The fourth-order valence-corrected chi connectivity index (χ4v) is 2.23. The van der Waals surface area contributed by atoms with Crippen LogP contribution in [0.1, 0.15) is 40.0 Å². The lowest BCUT2D eigenvalue weighted by atomic mass is 9.92. The van der Waals surface area contributed by atoms with Crippen molar-refractivity contribution >= 4 is 21.9 Å². The van der Waals surface area contributed by atoms with Crippen molar-refractivity contribution in [1.82, 2.24) is 0 Å². The van der Waals surface area contributed by atoms with Crippen molar-refractivity contribution in [3.63, 3.8) is 0 Å². The molecule has 0 aromatic carbocycles. The predicted molar refractivity (Wildman–Crippen MR) is 62.6 cm³/mol. The summed E-state index contributed by atoms with van der Waals surface area (Å²) in [7, 11) is 0. The van der Waals surface area contributed by atoms with Crippen LogP contribution in [-0.4, -0.2) is 17.9 Å². The van der Waals surface area contributed by atoms with Crippen LogP contribution >= 0.6 is 15.9 Å². The Bertz CT molecular complexity index is 157. The Morgan fingerprint density at radius 2 is 2.07 bits per heavy atom. The van der Waals surface area contributed by atoms with Gasteiger partial charge in [0.1, 0.15) is 0 Å². The monoisotopic (exact) mass is 264 g/mol. The van der Waals surface area contributed by atoms with Gasteiger partial charge in [-0.05, 0) is 31.6 Å². The molecule has 2 nitrogen and oxygen atoms in total. The van der Waals surface area contributed by atoms with Crippen molar-refractivity contribution in [3.05, 3.63) is 0 Å². The lowest BCUT2D eigenvalue weighted by Gasteiger charge is -2.16. The molecule has 0 fully saturated rings. The zero-order valence-electron chi connectivity index (χ0n) is 9.38. The van der Waals surface area contributed by atoms with Crippen molar-refractivity contribution in [3.8, 4) is 0 Å². The first-order valence-electron chi connectivity index (χ1n) is 5.31. The van der Waals surface area contributed by atoms with E-state index in [0.717, 1.165) is 18.2 Å². The van der Waals surface area contributed by atoms with E-state index in [2.05, 4.69) is 29.8 Å². The van der Waals surface area contributed by atoms with E-state index >= 15 is 0 Å². The van der Waals surface area contributed by atoms with Crippen molar-refractivity contribution < 1.29 is 9.53 Å². The van der Waals surface area contributed by atoms with Gasteiger partial charge in [-0.25, -0.2) is 0 Å². The van der Waals surface area contributed by atoms with Crippen LogP contribution in [0.15, 0.2) is 0 Å². The lowest BCUT2D eigenvalue weighted by molar-refractivity contribution is -0.144. The van der Waals surface area contributed by atoms with E-state index in [4.69, 9.17) is 4.74 Å². The Hall–Kier alpha value is -0.0500. The molecule has 0 aliphatic heterocycles. The van der Waals surface area contributed by atoms with E-state index in [1.165, 1.54) is 0 Å². The van der Waals surface area contributed by atoms with E-state index < -0.39 is 0 Å². The molecule has 0 aromatic rings. The molecule has 0 spiro atoms. The maximum atomic E-state index is 11.3. The van der Waals surface area contributed by atoms with Gasteiger partial charge >= 0.3 is 5.97 Å². The summed E-state index contributed by atoms with van der Waals surface area (Å²) in [5.74, 6) is 1.06. The molecule has 0 rings (SSSR count). The van der Waals surface area contributed by atoms with Crippen LogP contribution in [0.5, 0.6) is 0 Å². The van der Waals surface area contributed by atoms with Gasteiger partial charge in [-0.1, -0.05) is 29.8 Å². The van der Waals surface area contributed by atoms with Crippen LogP contribution in [-0.2, 0) is 9.53 Å². The molecular formula is C11H21BrO2. The van der Waals surface area contributed by atoms with E-state index in [-0.39, 0.29) is 5.97 Å². The summed E-state index contributed by atoms with van der Waals surface area (Å²) < 4.78 is 4.95. The smallest absolute Gasteiger partial charge is 0.306 e. The van der Waals surface area contributed by atoms with Crippen molar-refractivity contribution in [1.29, 1.82) is 0 Å². The van der Waals surface area contributed by atoms with Crippen molar-refractivity contribution in [2.75, 3.05) is 11.9 Å². The van der Waals surface area contributed by atoms with Gasteiger partial charge in [0.15, 0.2) is 0 Å². The molecule has 0 heterocycles. The van der Waals surface area contributed by atoms with Gasteiger partial charge in [0, 0.05) is 11.8 Å². The van der Waals surface area contributed by atoms with E-state index in [0.29, 0.717) is 24.9 Å². The van der Waals surface area contributed by atoms with Crippen LogP contribution in [0, 0.1) is 11.8 Å². The summed E-state index contributed by atoms with van der Waals surface area (Å²) in [6.45, 7) is 6.71. The van der Waals surface area contributed by atoms with E-state index in [9.17, 15) is 4.79 Å². The Labute approximate surface area is 95.5 Å². The van der Waals surface area contributed by atoms with Crippen LogP contribution in [0.2, 0.25) is 0 Å². The second kappa shape index (κ2) is 8.27. The highest BCUT2D eigenvalue weighted by molar-refractivity contribution is 9.09.